The lowest BCUT2D eigenvalue weighted by Crippen LogP contribution is -2.20. The highest BCUT2D eigenvalue weighted by molar-refractivity contribution is 5.26. The zero-order valence-electron chi connectivity index (χ0n) is 10.8. The average molecular weight is 237 g/mol. The topological polar surface area (TPSA) is 44.5 Å². The monoisotopic (exact) mass is 237 g/mol. The smallest absolute Gasteiger partial charge is 0.119 e. The van der Waals surface area contributed by atoms with Crippen LogP contribution in [0.3, 0.4) is 0 Å². The number of ether oxygens (including phenoxy) is 2. The molecular formula is C14H23NO2. The zero-order chi connectivity index (χ0) is 12.5. The Kier molecular flexibility index (Phi) is 6.67. The van der Waals surface area contributed by atoms with E-state index in [1.165, 1.54) is 5.56 Å². The first-order valence-electron chi connectivity index (χ1n) is 6.23. The van der Waals surface area contributed by atoms with Crippen molar-refractivity contribution in [1.29, 1.82) is 0 Å². The molecule has 1 unspecified atom stereocenters. The molecule has 0 aromatic heterocycles. The van der Waals surface area contributed by atoms with Crippen LogP contribution in [0, 0.1) is 6.92 Å². The Labute approximate surface area is 104 Å². The summed E-state index contributed by atoms with van der Waals surface area (Å²) in [5.74, 6) is 0.937. The lowest BCUT2D eigenvalue weighted by Gasteiger charge is -2.10. The lowest BCUT2D eigenvalue weighted by atomic mass is 10.2. The quantitative estimate of drug-likeness (QED) is 0.707. The van der Waals surface area contributed by atoms with Crippen molar-refractivity contribution in [3.8, 4) is 5.75 Å². The normalized spacial score (nSPS) is 12.4. The van der Waals surface area contributed by atoms with Gasteiger partial charge in [0, 0.05) is 13.2 Å². The van der Waals surface area contributed by atoms with Crippen LogP contribution in [0.15, 0.2) is 24.3 Å². The van der Waals surface area contributed by atoms with Crippen molar-refractivity contribution in [1.82, 2.24) is 0 Å². The lowest BCUT2D eigenvalue weighted by molar-refractivity contribution is 0.0672. The summed E-state index contributed by atoms with van der Waals surface area (Å²) in [4.78, 5) is 0. The van der Waals surface area contributed by atoms with Gasteiger partial charge in [-0.15, -0.1) is 0 Å². The van der Waals surface area contributed by atoms with Gasteiger partial charge in [0.25, 0.3) is 0 Å². The Morgan fingerprint density at radius 2 is 1.76 bits per heavy atom. The van der Waals surface area contributed by atoms with E-state index in [1.807, 2.05) is 19.1 Å². The summed E-state index contributed by atoms with van der Waals surface area (Å²) >= 11 is 0. The third kappa shape index (κ3) is 6.29. The largest absolute Gasteiger partial charge is 0.494 e. The number of rotatable bonds is 8. The summed E-state index contributed by atoms with van der Waals surface area (Å²) in [6, 6.07) is 8.12. The number of hydrogen-bond donors (Lipinski definition) is 1. The summed E-state index contributed by atoms with van der Waals surface area (Å²) in [6.07, 6.45) is 2.18. The maximum atomic E-state index is 5.61. The van der Waals surface area contributed by atoms with Gasteiger partial charge in [0.1, 0.15) is 5.75 Å². The first-order chi connectivity index (χ1) is 8.22. The third-order valence-electron chi connectivity index (χ3n) is 2.56. The number of hydrogen-bond acceptors (Lipinski definition) is 3. The van der Waals surface area contributed by atoms with Gasteiger partial charge in [-0.25, -0.2) is 0 Å². The fourth-order valence-corrected chi connectivity index (χ4v) is 1.38. The molecule has 0 saturated carbocycles. The van der Waals surface area contributed by atoms with Crippen LogP contribution in [-0.4, -0.2) is 25.9 Å². The van der Waals surface area contributed by atoms with Crippen molar-refractivity contribution in [2.24, 2.45) is 5.73 Å². The van der Waals surface area contributed by atoms with Crippen molar-refractivity contribution in [2.45, 2.75) is 32.8 Å². The summed E-state index contributed by atoms with van der Waals surface area (Å²) in [5, 5.41) is 0. The Hall–Kier alpha value is -1.06. The van der Waals surface area contributed by atoms with Crippen molar-refractivity contribution in [3.63, 3.8) is 0 Å². The van der Waals surface area contributed by atoms with E-state index in [0.717, 1.165) is 31.8 Å². The van der Waals surface area contributed by atoms with E-state index in [0.29, 0.717) is 6.54 Å². The van der Waals surface area contributed by atoms with Gasteiger partial charge in [-0.05, 0) is 38.8 Å². The molecule has 3 heteroatoms. The molecule has 3 nitrogen and oxygen atoms in total. The Morgan fingerprint density at radius 3 is 2.41 bits per heavy atom. The third-order valence-corrected chi connectivity index (χ3v) is 2.56. The zero-order valence-corrected chi connectivity index (χ0v) is 10.8. The second-order valence-corrected chi connectivity index (χ2v) is 4.29. The Bertz CT molecular complexity index is 298. The van der Waals surface area contributed by atoms with Gasteiger partial charge in [-0.2, -0.15) is 0 Å². The van der Waals surface area contributed by atoms with E-state index in [-0.39, 0.29) is 6.10 Å². The maximum absolute atomic E-state index is 5.61. The SMILES string of the molecule is Cc1ccc(OCCCCOC(C)CN)cc1. The first kappa shape index (κ1) is 14.0. The highest BCUT2D eigenvalue weighted by atomic mass is 16.5. The summed E-state index contributed by atoms with van der Waals surface area (Å²) in [7, 11) is 0. The van der Waals surface area contributed by atoms with E-state index in [1.54, 1.807) is 0 Å². The van der Waals surface area contributed by atoms with Gasteiger partial charge in [0.05, 0.1) is 12.7 Å². The second kappa shape index (κ2) is 8.09. The molecule has 0 amide bonds. The number of benzene rings is 1. The molecule has 0 aliphatic rings. The fraction of sp³-hybridized carbons (Fsp3) is 0.571. The molecule has 0 heterocycles. The maximum Gasteiger partial charge on any atom is 0.119 e. The van der Waals surface area contributed by atoms with Crippen LogP contribution in [0.5, 0.6) is 5.75 Å². The molecule has 0 bridgehead atoms. The van der Waals surface area contributed by atoms with E-state index in [4.69, 9.17) is 15.2 Å². The van der Waals surface area contributed by atoms with Crippen LogP contribution in [0.4, 0.5) is 0 Å². The van der Waals surface area contributed by atoms with E-state index < -0.39 is 0 Å². The average Bonchev–Trinajstić information content (AvgIpc) is 2.35. The molecule has 0 aliphatic heterocycles. The van der Waals surface area contributed by atoms with Crippen molar-refractivity contribution in [2.75, 3.05) is 19.8 Å². The van der Waals surface area contributed by atoms with E-state index >= 15 is 0 Å². The Balaban J connectivity index is 2.02. The highest BCUT2D eigenvalue weighted by Crippen LogP contribution is 2.11. The highest BCUT2D eigenvalue weighted by Gasteiger charge is 1.98. The van der Waals surface area contributed by atoms with Crippen LogP contribution in [0.2, 0.25) is 0 Å². The van der Waals surface area contributed by atoms with Crippen molar-refractivity contribution in [3.05, 3.63) is 29.8 Å². The van der Waals surface area contributed by atoms with Gasteiger partial charge in [0.15, 0.2) is 0 Å². The molecule has 1 atom stereocenters. The molecule has 1 aromatic rings. The summed E-state index contributed by atoms with van der Waals surface area (Å²) < 4.78 is 11.1. The standard InChI is InChI=1S/C14H23NO2/c1-12-5-7-14(8-6-12)17-10-4-3-9-16-13(2)11-15/h5-8,13H,3-4,9-11,15H2,1-2H3. The molecule has 0 spiro atoms. The molecule has 96 valence electrons. The molecule has 0 radical (unpaired) electrons. The van der Waals surface area contributed by atoms with Crippen molar-refractivity contribution < 1.29 is 9.47 Å². The molecule has 1 aromatic carbocycles. The summed E-state index contributed by atoms with van der Waals surface area (Å²) in [5.41, 5.74) is 6.70. The van der Waals surface area contributed by atoms with Gasteiger partial charge >= 0.3 is 0 Å². The second-order valence-electron chi connectivity index (χ2n) is 4.29. The van der Waals surface area contributed by atoms with Crippen molar-refractivity contribution >= 4 is 0 Å². The van der Waals surface area contributed by atoms with Crippen LogP contribution < -0.4 is 10.5 Å². The minimum absolute atomic E-state index is 0.160. The fourth-order valence-electron chi connectivity index (χ4n) is 1.38. The van der Waals surface area contributed by atoms with Gasteiger partial charge in [-0.1, -0.05) is 17.7 Å². The Morgan fingerprint density at radius 1 is 1.12 bits per heavy atom. The van der Waals surface area contributed by atoms with Crippen LogP contribution in [0.1, 0.15) is 25.3 Å². The predicted molar refractivity (Wildman–Crippen MR) is 70.4 cm³/mol. The molecule has 0 fully saturated rings. The number of nitrogens with two attached hydrogens (primary N) is 1. The van der Waals surface area contributed by atoms with Gasteiger partial charge in [0.2, 0.25) is 0 Å². The van der Waals surface area contributed by atoms with E-state index in [2.05, 4.69) is 19.1 Å². The molecule has 2 N–H and O–H groups in total. The molecule has 17 heavy (non-hydrogen) atoms. The van der Waals surface area contributed by atoms with Gasteiger partial charge < -0.3 is 15.2 Å². The van der Waals surface area contributed by atoms with Crippen LogP contribution in [-0.2, 0) is 4.74 Å². The minimum atomic E-state index is 0.160. The molecule has 1 rings (SSSR count). The molecule has 0 saturated heterocycles. The first-order valence-corrected chi connectivity index (χ1v) is 6.23. The predicted octanol–water partition coefficient (Wildman–Crippen LogP) is 2.52. The van der Waals surface area contributed by atoms with Gasteiger partial charge in [-0.3, -0.25) is 0 Å². The van der Waals surface area contributed by atoms with Crippen LogP contribution >= 0.6 is 0 Å². The summed E-state index contributed by atoms with van der Waals surface area (Å²) in [6.45, 7) is 6.14. The minimum Gasteiger partial charge on any atom is -0.494 e. The number of unbranched alkanes of at least 4 members (excludes halogenated alkanes) is 1. The van der Waals surface area contributed by atoms with E-state index in [9.17, 15) is 0 Å². The van der Waals surface area contributed by atoms with Crippen LogP contribution in [0.25, 0.3) is 0 Å². The molecule has 0 aliphatic carbocycles. The molecular weight excluding hydrogens is 214 g/mol. The number of aryl methyl sites for hydroxylation is 1.